The van der Waals surface area contributed by atoms with Crippen molar-refractivity contribution in [1.82, 2.24) is 19.9 Å². The van der Waals surface area contributed by atoms with E-state index in [2.05, 4.69) is 20.9 Å². The number of rotatable bonds is 5. The van der Waals surface area contributed by atoms with E-state index in [9.17, 15) is 4.79 Å². The van der Waals surface area contributed by atoms with Gasteiger partial charge in [-0.3, -0.25) is 9.69 Å². The van der Waals surface area contributed by atoms with E-state index in [1.54, 1.807) is 6.20 Å². The average Bonchev–Trinajstić information content (AvgIpc) is 2.82. The molecule has 6 heteroatoms. The summed E-state index contributed by atoms with van der Waals surface area (Å²) in [6.07, 6.45) is 8.82. The standard InChI is InChI=1S/C25H28N4O2/c30-24-21-17-29(15-13-22(21)27-23(28-24)18-8-3-1-4-9-18)16-19-10-7-14-26-25(19)31-20-11-5-2-6-12-20/h1,3-4,7-10,14,20H,2,5-6,11-13,15-17H2,(H,27,28,30). The van der Waals surface area contributed by atoms with Crippen LogP contribution in [0.1, 0.15) is 48.9 Å². The minimum absolute atomic E-state index is 0.0431. The third kappa shape index (κ3) is 4.54. The lowest BCUT2D eigenvalue weighted by Gasteiger charge is -2.29. The molecule has 1 aliphatic carbocycles. The van der Waals surface area contributed by atoms with Gasteiger partial charge < -0.3 is 9.72 Å². The number of aromatic amines is 1. The lowest BCUT2D eigenvalue weighted by molar-refractivity contribution is 0.143. The number of H-pyrrole nitrogens is 1. The van der Waals surface area contributed by atoms with Crippen LogP contribution in [0.5, 0.6) is 5.88 Å². The van der Waals surface area contributed by atoms with Gasteiger partial charge in [-0.1, -0.05) is 42.8 Å². The minimum atomic E-state index is -0.0431. The topological polar surface area (TPSA) is 71.1 Å². The van der Waals surface area contributed by atoms with Crippen LogP contribution in [0, 0.1) is 0 Å². The van der Waals surface area contributed by atoms with E-state index in [1.807, 2.05) is 36.4 Å². The van der Waals surface area contributed by atoms with Crippen molar-refractivity contribution in [2.75, 3.05) is 6.54 Å². The molecule has 31 heavy (non-hydrogen) atoms. The van der Waals surface area contributed by atoms with Crippen molar-refractivity contribution in [1.29, 1.82) is 0 Å². The van der Waals surface area contributed by atoms with E-state index in [4.69, 9.17) is 9.72 Å². The van der Waals surface area contributed by atoms with Gasteiger partial charge in [0.05, 0.1) is 11.3 Å². The molecule has 1 saturated carbocycles. The summed E-state index contributed by atoms with van der Waals surface area (Å²) in [7, 11) is 0. The van der Waals surface area contributed by atoms with Crippen molar-refractivity contribution in [2.24, 2.45) is 0 Å². The lowest BCUT2D eigenvalue weighted by atomic mass is 9.98. The number of aromatic nitrogens is 3. The summed E-state index contributed by atoms with van der Waals surface area (Å²) in [5.41, 5.74) is 3.65. The van der Waals surface area contributed by atoms with Crippen molar-refractivity contribution in [3.8, 4) is 17.3 Å². The van der Waals surface area contributed by atoms with E-state index in [1.165, 1.54) is 19.3 Å². The van der Waals surface area contributed by atoms with Crippen LogP contribution in [0.25, 0.3) is 11.4 Å². The highest BCUT2D eigenvalue weighted by atomic mass is 16.5. The summed E-state index contributed by atoms with van der Waals surface area (Å²) >= 11 is 0. The molecule has 0 amide bonds. The van der Waals surface area contributed by atoms with Crippen molar-refractivity contribution in [3.05, 3.63) is 75.8 Å². The predicted octanol–water partition coefficient (Wildman–Crippen LogP) is 4.10. The Morgan fingerprint density at radius 1 is 1.06 bits per heavy atom. The van der Waals surface area contributed by atoms with E-state index < -0.39 is 0 Å². The molecule has 2 aliphatic rings. The van der Waals surface area contributed by atoms with Crippen LogP contribution >= 0.6 is 0 Å². The van der Waals surface area contributed by atoms with Crippen LogP contribution in [0.3, 0.4) is 0 Å². The number of nitrogens with zero attached hydrogens (tertiary/aromatic N) is 3. The fraction of sp³-hybridized carbons (Fsp3) is 0.400. The summed E-state index contributed by atoms with van der Waals surface area (Å²) in [6, 6.07) is 13.9. The Kier molecular flexibility index (Phi) is 5.80. The van der Waals surface area contributed by atoms with Gasteiger partial charge in [0.15, 0.2) is 0 Å². The summed E-state index contributed by atoms with van der Waals surface area (Å²) in [5, 5.41) is 0. The summed E-state index contributed by atoms with van der Waals surface area (Å²) < 4.78 is 6.27. The van der Waals surface area contributed by atoms with Gasteiger partial charge in [0.2, 0.25) is 5.88 Å². The van der Waals surface area contributed by atoms with Gasteiger partial charge in [0.25, 0.3) is 5.56 Å². The van der Waals surface area contributed by atoms with E-state index >= 15 is 0 Å². The highest BCUT2D eigenvalue weighted by molar-refractivity contribution is 5.54. The van der Waals surface area contributed by atoms with Crippen molar-refractivity contribution in [3.63, 3.8) is 0 Å². The fourth-order valence-corrected chi connectivity index (χ4v) is 4.58. The maximum atomic E-state index is 12.8. The zero-order valence-corrected chi connectivity index (χ0v) is 17.7. The van der Waals surface area contributed by atoms with E-state index in [0.29, 0.717) is 12.4 Å². The predicted molar refractivity (Wildman–Crippen MR) is 120 cm³/mol. The molecule has 0 unspecified atom stereocenters. The van der Waals surface area contributed by atoms with Gasteiger partial charge in [-0.15, -0.1) is 0 Å². The van der Waals surface area contributed by atoms with Crippen molar-refractivity contribution in [2.45, 2.75) is 57.7 Å². The number of ether oxygens (including phenoxy) is 1. The number of benzene rings is 1. The first kappa shape index (κ1) is 19.9. The Morgan fingerprint density at radius 2 is 1.90 bits per heavy atom. The molecule has 0 spiro atoms. The maximum Gasteiger partial charge on any atom is 0.255 e. The smallest absolute Gasteiger partial charge is 0.255 e. The van der Waals surface area contributed by atoms with Gasteiger partial charge in [0, 0.05) is 43.4 Å². The average molecular weight is 417 g/mol. The first-order chi connectivity index (χ1) is 15.3. The van der Waals surface area contributed by atoms with Crippen LogP contribution in [0.2, 0.25) is 0 Å². The zero-order valence-electron chi connectivity index (χ0n) is 17.7. The highest BCUT2D eigenvalue weighted by Crippen LogP contribution is 2.26. The van der Waals surface area contributed by atoms with Crippen molar-refractivity contribution >= 4 is 0 Å². The Labute approximate surface area is 182 Å². The van der Waals surface area contributed by atoms with E-state index in [-0.39, 0.29) is 11.7 Å². The Hall–Kier alpha value is -2.99. The Bertz CT molecular complexity index is 1090. The molecule has 1 aliphatic heterocycles. The van der Waals surface area contributed by atoms with E-state index in [0.717, 1.165) is 60.6 Å². The molecule has 1 fully saturated rings. The van der Waals surface area contributed by atoms with Gasteiger partial charge in [0.1, 0.15) is 11.9 Å². The first-order valence-corrected chi connectivity index (χ1v) is 11.3. The second-order valence-corrected chi connectivity index (χ2v) is 8.51. The number of hydrogen-bond acceptors (Lipinski definition) is 5. The molecular formula is C25H28N4O2. The number of fused-ring (bicyclic) bond motifs is 1. The van der Waals surface area contributed by atoms with Crippen LogP contribution < -0.4 is 10.3 Å². The second-order valence-electron chi connectivity index (χ2n) is 8.51. The molecule has 3 aromatic rings. The summed E-state index contributed by atoms with van der Waals surface area (Å²) in [5.74, 6) is 1.39. The van der Waals surface area contributed by atoms with Crippen molar-refractivity contribution < 1.29 is 4.74 Å². The molecule has 3 heterocycles. The quantitative estimate of drug-likeness (QED) is 0.678. The number of hydrogen-bond donors (Lipinski definition) is 1. The largest absolute Gasteiger partial charge is 0.474 e. The molecule has 160 valence electrons. The molecule has 0 atom stereocenters. The van der Waals surface area contributed by atoms with Crippen LogP contribution in [0.4, 0.5) is 0 Å². The molecule has 0 saturated heterocycles. The maximum absolute atomic E-state index is 12.8. The van der Waals surface area contributed by atoms with Gasteiger partial charge in [-0.25, -0.2) is 9.97 Å². The Balaban J connectivity index is 1.32. The highest BCUT2D eigenvalue weighted by Gasteiger charge is 2.23. The molecule has 5 rings (SSSR count). The normalized spacial score (nSPS) is 17.3. The molecular weight excluding hydrogens is 388 g/mol. The second kappa shape index (κ2) is 9.02. The molecule has 0 bridgehead atoms. The third-order valence-electron chi connectivity index (χ3n) is 6.27. The summed E-state index contributed by atoms with van der Waals surface area (Å²) in [4.78, 5) is 27.4. The molecule has 0 radical (unpaired) electrons. The zero-order chi connectivity index (χ0) is 21.0. The molecule has 1 aromatic carbocycles. The van der Waals surface area contributed by atoms with Gasteiger partial charge in [-0.2, -0.15) is 0 Å². The van der Waals surface area contributed by atoms with Gasteiger partial charge >= 0.3 is 0 Å². The molecule has 1 N–H and O–H groups in total. The molecule has 2 aromatic heterocycles. The SMILES string of the molecule is O=c1[nH]c(-c2ccccc2)nc2c1CN(Cc1cccnc1OC1CCCCC1)CC2. The summed E-state index contributed by atoms with van der Waals surface area (Å²) in [6.45, 7) is 2.16. The number of nitrogens with one attached hydrogen (secondary N) is 1. The number of pyridine rings is 1. The monoisotopic (exact) mass is 416 g/mol. The minimum Gasteiger partial charge on any atom is -0.474 e. The third-order valence-corrected chi connectivity index (χ3v) is 6.27. The van der Waals surface area contributed by atoms with Gasteiger partial charge in [-0.05, 0) is 31.7 Å². The first-order valence-electron chi connectivity index (χ1n) is 11.3. The van der Waals surface area contributed by atoms with Crippen LogP contribution in [-0.2, 0) is 19.5 Å². The van der Waals surface area contributed by atoms with Crippen LogP contribution in [-0.4, -0.2) is 32.5 Å². The Morgan fingerprint density at radius 3 is 2.74 bits per heavy atom. The lowest BCUT2D eigenvalue weighted by Crippen LogP contribution is -2.35. The van der Waals surface area contributed by atoms with Crippen LogP contribution in [0.15, 0.2) is 53.5 Å². The molecule has 6 nitrogen and oxygen atoms in total. The fourth-order valence-electron chi connectivity index (χ4n) is 4.58.